The van der Waals surface area contributed by atoms with Gasteiger partial charge in [0.15, 0.2) is 5.82 Å². The lowest BCUT2D eigenvalue weighted by atomic mass is 9.98. The molecule has 0 amide bonds. The van der Waals surface area contributed by atoms with Crippen molar-refractivity contribution in [3.63, 3.8) is 0 Å². The Morgan fingerprint density at radius 1 is 1.52 bits per heavy atom. The van der Waals surface area contributed by atoms with Crippen LogP contribution in [0.15, 0.2) is 17.2 Å². The molecule has 0 aliphatic carbocycles. The summed E-state index contributed by atoms with van der Waals surface area (Å²) in [5.74, 6) is 1.20. The summed E-state index contributed by atoms with van der Waals surface area (Å²) >= 11 is 0. The molecule has 0 aromatic carbocycles. The maximum absolute atomic E-state index is 12.6. The monoisotopic (exact) mass is 292 g/mol. The first-order valence-corrected chi connectivity index (χ1v) is 8.16. The second-order valence-electron chi connectivity index (χ2n) is 6.21. The van der Waals surface area contributed by atoms with Crippen molar-refractivity contribution >= 4 is 5.82 Å². The minimum absolute atomic E-state index is 0.0387. The Balaban J connectivity index is 2.21. The fraction of sp³-hybridized carbons (Fsp3) is 0.750. The number of anilines is 1. The second-order valence-corrected chi connectivity index (χ2v) is 6.21. The van der Waals surface area contributed by atoms with Crippen LogP contribution in [0.2, 0.25) is 0 Å². The quantitative estimate of drug-likeness (QED) is 0.869. The van der Waals surface area contributed by atoms with Crippen molar-refractivity contribution in [3.05, 3.63) is 22.7 Å². The predicted molar refractivity (Wildman–Crippen MR) is 86.9 cm³/mol. The van der Waals surface area contributed by atoms with Gasteiger partial charge in [-0.05, 0) is 52.1 Å². The third-order valence-electron chi connectivity index (χ3n) is 4.11. The van der Waals surface area contributed by atoms with E-state index in [2.05, 4.69) is 36.0 Å². The first kappa shape index (κ1) is 16.0. The fourth-order valence-corrected chi connectivity index (χ4v) is 2.95. The van der Waals surface area contributed by atoms with Gasteiger partial charge in [-0.1, -0.05) is 6.92 Å². The maximum atomic E-state index is 12.6. The van der Waals surface area contributed by atoms with Gasteiger partial charge in [-0.2, -0.15) is 0 Å². The van der Waals surface area contributed by atoms with Crippen LogP contribution in [0.1, 0.15) is 40.0 Å². The van der Waals surface area contributed by atoms with Crippen LogP contribution in [0.25, 0.3) is 0 Å². The minimum atomic E-state index is 0.0387. The molecule has 0 saturated carbocycles. The Morgan fingerprint density at radius 3 is 2.95 bits per heavy atom. The molecule has 21 heavy (non-hydrogen) atoms. The molecule has 0 spiro atoms. The standard InChI is InChI=1S/C16H28N4O/c1-4-9-19-10-8-18-15(16(19)21)20(13(2)3)12-14-6-5-7-17-11-14/h8,10,13-14,17H,4-7,9,11-12H2,1-3H3. The number of nitrogens with zero attached hydrogens (tertiary/aromatic N) is 3. The zero-order valence-electron chi connectivity index (χ0n) is 13.5. The van der Waals surface area contributed by atoms with Gasteiger partial charge in [-0.25, -0.2) is 4.98 Å². The molecule has 1 fully saturated rings. The lowest BCUT2D eigenvalue weighted by molar-refractivity contribution is 0.369. The van der Waals surface area contributed by atoms with Gasteiger partial charge in [0.05, 0.1) is 0 Å². The summed E-state index contributed by atoms with van der Waals surface area (Å²) in [6.07, 6.45) is 6.94. The normalized spacial score (nSPS) is 19.0. The number of hydrogen-bond acceptors (Lipinski definition) is 4. The molecule has 5 nitrogen and oxygen atoms in total. The van der Waals surface area contributed by atoms with E-state index in [-0.39, 0.29) is 11.6 Å². The number of piperidine rings is 1. The number of aryl methyl sites for hydroxylation is 1. The van der Waals surface area contributed by atoms with E-state index in [1.54, 1.807) is 17.0 Å². The van der Waals surface area contributed by atoms with E-state index in [9.17, 15) is 4.79 Å². The van der Waals surface area contributed by atoms with Crippen LogP contribution in [0, 0.1) is 5.92 Å². The predicted octanol–water partition coefficient (Wildman–Crippen LogP) is 1.87. The average molecular weight is 292 g/mol. The van der Waals surface area contributed by atoms with Crippen molar-refractivity contribution in [1.29, 1.82) is 0 Å². The van der Waals surface area contributed by atoms with E-state index in [4.69, 9.17) is 0 Å². The summed E-state index contributed by atoms with van der Waals surface area (Å²) in [4.78, 5) is 19.1. The molecule has 1 atom stereocenters. The lowest BCUT2D eigenvalue weighted by Gasteiger charge is -2.33. The Kier molecular flexibility index (Phi) is 5.79. The van der Waals surface area contributed by atoms with Crippen molar-refractivity contribution in [2.75, 3.05) is 24.5 Å². The lowest BCUT2D eigenvalue weighted by Crippen LogP contribution is -2.44. The molecule has 0 bridgehead atoms. The molecule has 1 aliphatic rings. The van der Waals surface area contributed by atoms with Crippen LogP contribution in [-0.2, 0) is 6.54 Å². The van der Waals surface area contributed by atoms with Crippen LogP contribution in [0.4, 0.5) is 5.82 Å². The van der Waals surface area contributed by atoms with Crippen LogP contribution in [0.3, 0.4) is 0 Å². The van der Waals surface area contributed by atoms with Gasteiger partial charge < -0.3 is 14.8 Å². The Bertz CT molecular complexity index is 491. The largest absolute Gasteiger partial charge is 0.349 e. The van der Waals surface area contributed by atoms with E-state index in [0.717, 1.165) is 32.6 Å². The van der Waals surface area contributed by atoms with Gasteiger partial charge in [-0.3, -0.25) is 4.79 Å². The van der Waals surface area contributed by atoms with E-state index in [1.807, 2.05) is 0 Å². The molecule has 2 heterocycles. The highest BCUT2D eigenvalue weighted by Gasteiger charge is 2.22. The van der Waals surface area contributed by atoms with Crippen molar-refractivity contribution in [1.82, 2.24) is 14.9 Å². The van der Waals surface area contributed by atoms with Gasteiger partial charge >= 0.3 is 0 Å². The van der Waals surface area contributed by atoms with Gasteiger partial charge in [0, 0.05) is 31.5 Å². The number of hydrogen-bond donors (Lipinski definition) is 1. The number of nitrogens with one attached hydrogen (secondary N) is 1. The van der Waals surface area contributed by atoms with Gasteiger partial charge in [0.2, 0.25) is 0 Å². The molecule has 5 heteroatoms. The molecule has 1 aromatic rings. The molecule has 1 saturated heterocycles. The minimum Gasteiger partial charge on any atom is -0.349 e. The Morgan fingerprint density at radius 2 is 2.33 bits per heavy atom. The summed E-state index contributed by atoms with van der Waals surface area (Å²) in [6.45, 7) is 10.2. The molecular weight excluding hydrogens is 264 g/mol. The molecule has 1 N–H and O–H groups in total. The average Bonchev–Trinajstić information content (AvgIpc) is 2.48. The molecule has 2 rings (SSSR count). The SMILES string of the molecule is CCCn1ccnc(N(CC2CCCNC2)C(C)C)c1=O. The van der Waals surface area contributed by atoms with E-state index in [1.165, 1.54) is 12.8 Å². The first-order valence-electron chi connectivity index (χ1n) is 8.16. The van der Waals surface area contributed by atoms with Crippen LogP contribution in [-0.4, -0.2) is 35.2 Å². The van der Waals surface area contributed by atoms with Crippen molar-refractivity contribution in [3.8, 4) is 0 Å². The third-order valence-corrected chi connectivity index (χ3v) is 4.11. The summed E-state index contributed by atoms with van der Waals surface area (Å²) in [7, 11) is 0. The van der Waals surface area contributed by atoms with Gasteiger partial charge in [-0.15, -0.1) is 0 Å². The summed E-state index contributed by atoms with van der Waals surface area (Å²) in [5, 5.41) is 3.45. The highest BCUT2D eigenvalue weighted by molar-refractivity contribution is 5.37. The maximum Gasteiger partial charge on any atom is 0.293 e. The fourth-order valence-electron chi connectivity index (χ4n) is 2.95. The smallest absolute Gasteiger partial charge is 0.293 e. The Hall–Kier alpha value is -1.36. The van der Waals surface area contributed by atoms with Gasteiger partial charge in [0.1, 0.15) is 0 Å². The summed E-state index contributed by atoms with van der Waals surface area (Å²) < 4.78 is 1.77. The zero-order valence-corrected chi connectivity index (χ0v) is 13.5. The highest BCUT2D eigenvalue weighted by atomic mass is 16.1. The Labute approximate surface area is 127 Å². The van der Waals surface area contributed by atoms with E-state index >= 15 is 0 Å². The highest BCUT2D eigenvalue weighted by Crippen LogP contribution is 2.17. The molecule has 1 unspecified atom stereocenters. The molecule has 1 aromatic heterocycles. The molecule has 118 valence electrons. The van der Waals surface area contributed by atoms with Crippen molar-refractivity contribution in [2.45, 2.75) is 52.6 Å². The third kappa shape index (κ3) is 4.06. The van der Waals surface area contributed by atoms with Crippen LogP contribution < -0.4 is 15.8 Å². The van der Waals surface area contributed by atoms with Gasteiger partial charge in [0.25, 0.3) is 5.56 Å². The molecule has 0 radical (unpaired) electrons. The molecule has 1 aliphatic heterocycles. The summed E-state index contributed by atoms with van der Waals surface area (Å²) in [6, 6.07) is 0.282. The van der Waals surface area contributed by atoms with Crippen molar-refractivity contribution < 1.29 is 0 Å². The van der Waals surface area contributed by atoms with Crippen LogP contribution >= 0.6 is 0 Å². The first-order chi connectivity index (χ1) is 10.1. The topological polar surface area (TPSA) is 50.2 Å². The van der Waals surface area contributed by atoms with Crippen molar-refractivity contribution in [2.24, 2.45) is 5.92 Å². The summed E-state index contributed by atoms with van der Waals surface area (Å²) in [5.41, 5.74) is 0.0387. The van der Waals surface area contributed by atoms with E-state index < -0.39 is 0 Å². The second kappa shape index (κ2) is 7.59. The zero-order chi connectivity index (χ0) is 15.2. The molecular formula is C16H28N4O. The number of aromatic nitrogens is 2. The number of rotatable bonds is 6. The van der Waals surface area contributed by atoms with E-state index in [0.29, 0.717) is 11.7 Å². The van der Waals surface area contributed by atoms with Crippen LogP contribution in [0.5, 0.6) is 0 Å².